The molecule has 0 amide bonds. The smallest absolute Gasteiger partial charge is 0.328 e. The van der Waals surface area contributed by atoms with Crippen LogP contribution in [0, 0.1) is 5.82 Å². The third kappa shape index (κ3) is 4.33. The molecule has 1 aliphatic heterocycles. The average molecular weight is 313 g/mol. The third-order valence-electron chi connectivity index (χ3n) is 3.37. The van der Waals surface area contributed by atoms with E-state index < -0.39 is 17.6 Å². The summed E-state index contributed by atoms with van der Waals surface area (Å²) in [7, 11) is 0. The second kappa shape index (κ2) is 6.74. The molecule has 2 N–H and O–H groups in total. The molecule has 0 aromatic heterocycles. The number of piperidine rings is 1. The van der Waals surface area contributed by atoms with Gasteiger partial charge in [0, 0.05) is 12.6 Å². The first-order valence-electron chi connectivity index (χ1n) is 6.20. The molecule has 114 valence electrons. The Morgan fingerprint density at radius 2 is 1.80 bits per heavy atom. The lowest BCUT2D eigenvalue weighted by atomic mass is 10.0. The maximum Gasteiger partial charge on any atom is 0.419 e. The number of alkyl halides is 3. The lowest BCUT2D eigenvalue weighted by molar-refractivity contribution is -0.140. The predicted molar refractivity (Wildman–Crippen MR) is 71.1 cm³/mol. The molecule has 1 aromatic carbocycles. The maximum absolute atomic E-state index is 13.1. The largest absolute Gasteiger partial charge is 0.419 e. The SMILES string of the molecule is Cl.NC1CCN(Cc2ccc(F)c(C(F)(F)F)c2)CC1. The molecule has 1 saturated heterocycles. The monoisotopic (exact) mass is 312 g/mol. The Bertz CT molecular complexity index is 442. The van der Waals surface area contributed by atoms with Crippen LogP contribution in [0.4, 0.5) is 17.6 Å². The van der Waals surface area contributed by atoms with Gasteiger partial charge in [0.1, 0.15) is 5.82 Å². The lowest BCUT2D eigenvalue weighted by Crippen LogP contribution is -2.39. The van der Waals surface area contributed by atoms with E-state index in [1.54, 1.807) is 0 Å². The van der Waals surface area contributed by atoms with Crippen LogP contribution in [-0.4, -0.2) is 24.0 Å². The van der Waals surface area contributed by atoms with Crippen LogP contribution in [0.3, 0.4) is 0 Å². The highest BCUT2D eigenvalue weighted by atomic mass is 35.5. The first-order valence-corrected chi connectivity index (χ1v) is 6.20. The molecular weight excluding hydrogens is 296 g/mol. The summed E-state index contributed by atoms with van der Waals surface area (Å²) in [5.41, 5.74) is 5.05. The summed E-state index contributed by atoms with van der Waals surface area (Å²) < 4.78 is 50.9. The second-order valence-electron chi connectivity index (χ2n) is 4.93. The lowest BCUT2D eigenvalue weighted by Gasteiger charge is -2.30. The van der Waals surface area contributed by atoms with Gasteiger partial charge in [-0.1, -0.05) is 6.07 Å². The van der Waals surface area contributed by atoms with Gasteiger partial charge in [0.05, 0.1) is 5.56 Å². The Hall–Kier alpha value is -0.850. The number of nitrogens with two attached hydrogens (primary N) is 1. The van der Waals surface area contributed by atoms with Crippen molar-refractivity contribution in [2.24, 2.45) is 5.73 Å². The van der Waals surface area contributed by atoms with Crippen LogP contribution in [0.25, 0.3) is 0 Å². The summed E-state index contributed by atoms with van der Waals surface area (Å²) in [4.78, 5) is 2.04. The molecule has 1 fully saturated rings. The average Bonchev–Trinajstić information content (AvgIpc) is 2.33. The van der Waals surface area contributed by atoms with Crippen LogP contribution >= 0.6 is 12.4 Å². The Balaban J connectivity index is 0.00000200. The van der Waals surface area contributed by atoms with Crippen molar-refractivity contribution in [1.82, 2.24) is 4.90 Å². The highest BCUT2D eigenvalue weighted by Gasteiger charge is 2.34. The third-order valence-corrected chi connectivity index (χ3v) is 3.37. The summed E-state index contributed by atoms with van der Waals surface area (Å²) in [6, 6.07) is 3.35. The highest BCUT2D eigenvalue weighted by molar-refractivity contribution is 5.85. The van der Waals surface area contributed by atoms with Crippen LogP contribution in [-0.2, 0) is 12.7 Å². The molecule has 7 heteroatoms. The highest BCUT2D eigenvalue weighted by Crippen LogP contribution is 2.32. The molecule has 0 radical (unpaired) electrons. The minimum atomic E-state index is -4.65. The maximum atomic E-state index is 13.1. The normalized spacial score (nSPS) is 17.9. The molecule has 2 nitrogen and oxygen atoms in total. The van der Waals surface area contributed by atoms with Crippen molar-refractivity contribution in [2.45, 2.75) is 31.6 Å². The van der Waals surface area contributed by atoms with E-state index in [1.807, 2.05) is 4.90 Å². The predicted octanol–water partition coefficient (Wildman–Crippen LogP) is 3.19. The van der Waals surface area contributed by atoms with E-state index in [2.05, 4.69) is 0 Å². The molecule has 0 bridgehead atoms. The number of nitrogens with zero attached hydrogens (tertiary/aromatic N) is 1. The van der Waals surface area contributed by atoms with Gasteiger partial charge in [-0.05, 0) is 43.6 Å². The number of hydrogen-bond donors (Lipinski definition) is 1. The summed E-state index contributed by atoms with van der Waals surface area (Å²) in [6.07, 6.45) is -2.97. The zero-order chi connectivity index (χ0) is 14.0. The standard InChI is InChI=1S/C13H16F4N2.ClH/c14-12-2-1-9(7-11(12)13(15,16)17)8-19-5-3-10(18)4-6-19;/h1-2,7,10H,3-6,8,18H2;1H. The zero-order valence-electron chi connectivity index (χ0n) is 10.8. The Morgan fingerprint density at radius 1 is 1.20 bits per heavy atom. The number of benzene rings is 1. The molecule has 0 unspecified atom stereocenters. The topological polar surface area (TPSA) is 29.3 Å². The quantitative estimate of drug-likeness (QED) is 0.850. The Labute approximate surface area is 121 Å². The molecule has 1 aromatic rings. The molecule has 2 rings (SSSR count). The summed E-state index contributed by atoms with van der Waals surface area (Å²) in [6.45, 7) is 1.93. The number of likely N-dealkylation sites (tertiary alicyclic amines) is 1. The Morgan fingerprint density at radius 3 is 2.35 bits per heavy atom. The summed E-state index contributed by atoms with van der Waals surface area (Å²) >= 11 is 0. The minimum absolute atomic E-state index is 0. The fourth-order valence-electron chi connectivity index (χ4n) is 2.26. The molecule has 20 heavy (non-hydrogen) atoms. The molecule has 0 saturated carbocycles. The van der Waals surface area contributed by atoms with Crippen LogP contribution in [0.15, 0.2) is 18.2 Å². The van der Waals surface area contributed by atoms with Crippen molar-refractivity contribution in [1.29, 1.82) is 0 Å². The Kier molecular flexibility index (Phi) is 5.79. The van der Waals surface area contributed by atoms with E-state index in [0.717, 1.165) is 38.1 Å². The van der Waals surface area contributed by atoms with Gasteiger partial charge in [-0.3, -0.25) is 4.90 Å². The fraction of sp³-hybridized carbons (Fsp3) is 0.538. The first kappa shape index (κ1) is 17.2. The summed E-state index contributed by atoms with van der Waals surface area (Å²) in [5.74, 6) is -1.23. The molecular formula is C13H17ClF4N2. The van der Waals surface area contributed by atoms with Gasteiger partial charge < -0.3 is 5.73 Å². The van der Waals surface area contributed by atoms with Crippen LogP contribution in [0.1, 0.15) is 24.0 Å². The van der Waals surface area contributed by atoms with E-state index >= 15 is 0 Å². The van der Waals surface area contributed by atoms with E-state index in [-0.39, 0.29) is 18.4 Å². The van der Waals surface area contributed by atoms with Gasteiger partial charge in [0.25, 0.3) is 0 Å². The van der Waals surface area contributed by atoms with E-state index in [1.165, 1.54) is 6.07 Å². The van der Waals surface area contributed by atoms with Crippen molar-refractivity contribution in [3.63, 3.8) is 0 Å². The van der Waals surface area contributed by atoms with Crippen molar-refractivity contribution >= 4 is 12.4 Å². The van der Waals surface area contributed by atoms with Crippen molar-refractivity contribution in [3.8, 4) is 0 Å². The van der Waals surface area contributed by atoms with E-state index in [9.17, 15) is 17.6 Å². The molecule has 0 spiro atoms. The van der Waals surface area contributed by atoms with E-state index in [0.29, 0.717) is 12.1 Å². The number of halogens is 5. The van der Waals surface area contributed by atoms with Gasteiger partial charge in [0.15, 0.2) is 0 Å². The summed E-state index contributed by atoms with van der Waals surface area (Å²) in [5, 5.41) is 0. The van der Waals surface area contributed by atoms with E-state index in [4.69, 9.17) is 5.73 Å². The van der Waals surface area contributed by atoms with Gasteiger partial charge >= 0.3 is 6.18 Å². The van der Waals surface area contributed by atoms with Crippen LogP contribution < -0.4 is 5.73 Å². The number of rotatable bonds is 2. The molecule has 0 aliphatic carbocycles. The molecule has 0 atom stereocenters. The van der Waals surface area contributed by atoms with Crippen LogP contribution in [0.2, 0.25) is 0 Å². The van der Waals surface area contributed by atoms with Gasteiger partial charge in [-0.15, -0.1) is 12.4 Å². The second-order valence-corrected chi connectivity index (χ2v) is 4.93. The van der Waals surface area contributed by atoms with Gasteiger partial charge in [-0.25, -0.2) is 4.39 Å². The molecule has 1 heterocycles. The van der Waals surface area contributed by atoms with Crippen molar-refractivity contribution in [3.05, 3.63) is 35.1 Å². The van der Waals surface area contributed by atoms with Gasteiger partial charge in [-0.2, -0.15) is 13.2 Å². The van der Waals surface area contributed by atoms with Crippen molar-refractivity contribution in [2.75, 3.05) is 13.1 Å². The fourth-order valence-corrected chi connectivity index (χ4v) is 2.26. The first-order chi connectivity index (χ1) is 8.86. The van der Waals surface area contributed by atoms with Crippen molar-refractivity contribution < 1.29 is 17.6 Å². The van der Waals surface area contributed by atoms with Gasteiger partial charge in [0.2, 0.25) is 0 Å². The zero-order valence-corrected chi connectivity index (χ0v) is 11.6. The van der Waals surface area contributed by atoms with Crippen LogP contribution in [0.5, 0.6) is 0 Å². The molecule has 1 aliphatic rings. The minimum Gasteiger partial charge on any atom is -0.328 e. The number of hydrogen-bond acceptors (Lipinski definition) is 2.